The summed E-state index contributed by atoms with van der Waals surface area (Å²) in [6, 6.07) is 9.36. The van der Waals surface area contributed by atoms with Crippen LogP contribution in [-0.2, 0) is 14.3 Å². The van der Waals surface area contributed by atoms with Crippen LogP contribution < -0.4 is 10.6 Å². The van der Waals surface area contributed by atoms with Gasteiger partial charge in [0.05, 0.1) is 18.2 Å². The van der Waals surface area contributed by atoms with E-state index in [9.17, 15) is 9.59 Å². The summed E-state index contributed by atoms with van der Waals surface area (Å²) in [5.74, 6) is 0.485. The van der Waals surface area contributed by atoms with E-state index in [0.29, 0.717) is 24.0 Å². The summed E-state index contributed by atoms with van der Waals surface area (Å²) >= 11 is 0. The van der Waals surface area contributed by atoms with Gasteiger partial charge in [-0.25, -0.2) is 0 Å². The normalized spacial score (nSPS) is 25.6. The first-order valence-corrected chi connectivity index (χ1v) is 11.9. The fraction of sp³-hybridized carbons (Fsp3) is 0.680. The summed E-state index contributed by atoms with van der Waals surface area (Å²) in [5.41, 5.74) is 0.823. The molecule has 31 heavy (non-hydrogen) atoms. The molecule has 2 bridgehead atoms. The highest BCUT2D eigenvalue weighted by atomic mass is 16.5. The van der Waals surface area contributed by atoms with Crippen LogP contribution >= 0.6 is 0 Å². The molecule has 0 spiro atoms. The predicted octanol–water partition coefficient (Wildman–Crippen LogP) is 4.46. The Bertz CT molecular complexity index is 709. The van der Waals surface area contributed by atoms with Crippen molar-refractivity contribution in [3.8, 4) is 0 Å². The Balaban J connectivity index is 1.48. The number of hydrogen-bond acceptors (Lipinski definition) is 4. The van der Waals surface area contributed by atoms with E-state index < -0.39 is 5.97 Å². The number of carbonyl (C=O) groups excluding carboxylic acids is 1. The van der Waals surface area contributed by atoms with Gasteiger partial charge in [0.25, 0.3) is 0 Å². The zero-order valence-electron chi connectivity index (χ0n) is 18.9. The van der Waals surface area contributed by atoms with Crippen molar-refractivity contribution in [2.24, 2.45) is 17.8 Å². The second-order valence-corrected chi connectivity index (χ2v) is 9.45. The van der Waals surface area contributed by atoms with Crippen LogP contribution in [0.15, 0.2) is 30.3 Å². The van der Waals surface area contributed by atoms with Crippen LogP contribution in [0.4, 0.5) is 5.69 Å². The first-order valence-electron chi connectivity index (χ1n) is 11.9. The molecule has 172 valence electrons. The van der Waals surface area contributed by atoms with E-state index >= 15 is 0 Å². The highest BCUT2D eigenvalue weighted by Gasteiger charge is 2.48. The summed E-state index contributed by atoms with van der Waals surface area (Å²) in [5, 5.41) is 15.4. The quantitative estimate of drug-likeness (QED) is 0.402. The number of carboxylic acid groups (broad SMARTS) is 1. The summed E-state index contributed by atoms with van der Waals surface area (Å²) in [6.45, 7) is 4.96. The third kappa shape index (κ3) is 6.78. The number of benzene rings is 1. The standard InChI is InChI=1S/C25H38N2O4/c1-17(2)24(25(30)27-18-10-6-5-7-11-18)26-16-20-19(21-14-15-22(20)31-21)12-8-3-4-9-13-23(28)29/h5-7,10-11,17,19-22,24,26H,3-4,8-9,12-16H2,1-2H3,(H,27,30)(H,28,29)/t19-,20-,21+,22-,24?/m1/s1. The largest absolute Gasteiger partial charge is 0.481 e. The summed E-state index contributed by atoms with van der Waals surface area (Å²) in [4.78, 5) is 23.5. The van der Waals surface area contributed by atoms with Crippen molar-refractivity contribution < 1.29 is 19.4 Å². The second-order valence-electron chi connectivity index (χ2n) is 9.45. The molecule has 0 aliphatic carbocycles. The number of para-hydroxylation sites is 1. The summed E-state index contributed by atoms with van der Waals surface area (Å²) in [7, 11) is 0. The van der Waals surface area contributed by atoms with E-state index in [-0.39, 0.29) is 24.3 Å². The maximum Gasteiger partial charge on any atom is 0.303 e. The van der Waals surface area contributed by atoms with Gasteiger partial charge in [-0.1, -0.05) is 51.3 Å². The number of carbonyl (C=O) groups is 2. The number of carboxylic acids is 1. The fourth-order valence-electron chi connectivity index (χ4n) is 5.20. The number of fused-ring (bicyclic) bond motifs is 2. The van der Waals surface area contributed by atoms with Gasteiger partial charge < -0.3 is 20.5 Å². The van der Waals surface area contributed by atoms with Gasteiger partial charge in [-0.2, -0.15) is 0 Å². The van der Waals surface area contributed by atoms with Gasteiger partial charge in [0.1, 0.15) is 0 Å². The van der Waals surface area contributed by atoms with Crippen LogP contribution in [0.5, 0.6) is 0 Å². The van der Waals surface area contributed by atoms with Crippen molar-refractivity contribution in [2.75, 3.05) is 11.9 Å². The Hall–Kier alpha value is -1.92. The first-order chi connectivity index (χ1) is 15.0. The fourth-order valence-corrected chi connectivity index (χ4v) is 5.20. The predicted molar refractivity (Wildman–Crippen MR) is 122 cm³/mol. The van der Waals surface area contributed by atoms with Crippen molar-refractivity contribution in [1.82, 2.24) is 5.32 Å². The molecule has 1 aromatic rings. The van der Waals surface area contributed by atoms with Crippen molar-refractivity contribution in [3.05, 3.63) is 30.3 Å². The van der Waals surface area contributed by atoms with Crippen LogP contribution in [0.25, 0.3) is 0 Å². The van der Waals surface area contributed by atoms with E-state index in [1.165, 1.54) is 0 Å². The van der Waals surface area contributed by atoms with E-state index in [2.05, 4.69) is 24.5 Å². The Morgan fingerprint density at radius 1 is 1.03 bits per heavy atom. The molecule has 2 heterocycles. The average molecular weight is 431 g/mol. The molecule has 1 aromatic carbocycles. The molecule has 2 aliphatic heterocycles. The van der Waals surface area contributed by atoms with Crippen molar-refractivity contribution in [1.29, 1.82) is 0 Å². The molecule has 5 atom stereocenters. The lowest BCUT2D eigenvalue weighted by molar-refractivity contribution is -0.137. The molecule has 2 saturated heterocycles. The van der Waals surface area contributed by atoms with E-state index in [4.69, 9.17) is 9.84 Å². The number of aliphatic carboxylic acids is 1. The summed E-state index contributed by atoms with van der Waals surface area (Å²) in [6.07, 6.45) is 8.26. The van der Waals surface area contributed by atoms with Crippen LogP contribution in [-0.4, -0.2) is 41.8 Å². The number of amides is 1. The zero-order chi connectivity index (χ0) is 22.2. The average Bonchev–Trinajstić information content (AvgIpc) is 3.33. The van der Waals surface area contributed by atoms with Crippen LogP contribution in [0, 0.1) is 17.8 Å². The number of nitrogens with one attached hydrogen (secondary N) is 2. The Labute approximate surface area is 186 Å². The third-order valence-electron chi connectivity index (χ3n) is 6.83. The molecular weight excluding hydrogens is 392 g/mol. The lowest BCUT2D eigenvalue weighted by Gasteiger charge is -2.31. The number of unbranched alkanes of at least 4 members (excludes halogenated alkanes) is 3. The number of anilines is 1. The summed E-state index contributed by atoms with van der Waals surface area (Å²) < 4.78 is 6.24. The monoisotopic (exact) mass is 430 g/mol. The van der Waals surface area contributed by atoms with E-state index in [0.717, 1.165) is 57.2 Å². The molecule has 3 rings (SSSR count). The lowest BCUT2D eigenvalue weighted by Crippen LogP contribution is -2.48. The van der Waals surface area contributed by atoms with Crippen molar-refractivity contribution in [3.63, 3.8) is 0 Å². The SMILES string of the molecule is CC(C)C(NC[C@@H]1[C@@H](CCCCCCC(=O)O)[C@@H]2CC[C@H]1O2)C(=O)Nc1ccccc1. The van der Waals surface area contributed by atoms with Gasteiger partial charge in [-0.15, -0.1) is 0 Å². The smallest absolute Gasteiger partial charge is 0.303 e. The molecular formula is C25H38N2O4. The molecule has 2 fully saturated rings. The van der Waals surface area contributed by atoms with Gasteiger partial charge in [-0.3, -0.25) is 9.59 Å². The Morgan fingerprint density at radius 2 is 1.71 bits per heavy atom. The minimum atomic E-state index is -0.705. The molecule has 0 aromatic heterocycles. The van der Waals surface area contributed by atoms with Crippen LogP contribution in [0.2, 0.25) is 0 Å². The lowest BCUT2D eigenvalue weighted by atomic mass is 9.76. The first kappa shape index (κ1) is 23.7. The Morgan fingerprint density at radius 3 is 2.39 bits per heavy atom. The molecule has 1 amide bonds. The molecule has 0 saturated carbocycles. The van der Waals surface area contributed by atoms with E-state index in [1.807, 2.05) is 30.3 Å². The van der Waals surface area contributed by atoms with Gasteiger partial charge in [0.15, 0.2) is 0 Å². The zero-order valence-corrected chi connectivity index (χ0v) is 18.9. The maximum atomic E-state index is 12.9. The molecule has 0 radical (unpaired) electrons. The highest BCUT2D eigenvalue weighted by Crippen LogP contribution is 2.45. The molecule has 2 aliphatic rings. The van der Waals surface area contributed by atoms with Crippen LogP contribution in [0.1, 0.15) is 65.2 Å². The second kappa shape index (κ2) is 11.6. The number of rotatable bonds is 13. The highest BCUT2D eigenvalue weighted by molar-refractivity contribution is 5.94. The number of ether oxygens (including phenoxy) is 1. The molecule has 3 N–H and O–H groups in total. The molecule has 1 unspecified atom stereocenters. The van der Waals surface area contributed by atoms with Gasteiger partial charge >= 0.3 is 5.97 Å². The third-order valence-corrected chi connectivity index (χ3v) is 6.83. The maximum absolute atomic E-state index is 12.9. The minimum Gasteiger partial charge on any atom is -0.481 e. The van der Waals surface area contributed by atoms with Crippen molar-refractivity contribution in [2.45, 2.75) is 83.5 Å². The van der Waals surface area contributed by atoms with E-state index in [1.54, 1.807) is 0 Å². The van der Waals surface area contributed by atoms with Gasteiger partial charge in [-0.05, 0) is 49.7 Å². The molecule has 6 heteroatoms. The topological polar surface area (TPSA) is 87.7 Å². The van der Waals surface area contributed by atoms with Crippen molar-refractivity contribution >= 4 is 17.6 Å². The minimum absolute atomic E-state index is 0.0141. The van der Waals surface area contributed by atoms with Gasteiger partial charge in [0.2, 0.25) is 5.91 Å². The van der Waals surface area contributed by atoms with Crippen LogP contribution in [0.3, 0.4) is 0 Å². The number of hydrogen-bond donors (Lipinski definition) is 3. The Kier molecular flexibility index (Phi) is 8.90. The van der Waals surface area contributed by atoms with Gasteiger partial charge in [0, 0.05) is 24.6 Å². The molecule has 6 nitrogen and oxygen atoms in total.